The van der Waals surface area contributed by atoms with Crippen molar-refractivity contribution in [1.29, 1.82) is 0 Å². The summed E-state index contributed by atoms with van der Waals surface area (Å²) in [4.78, 5) is 0. The van der Waals surface area contributed by atoms with Gasteiger partial charge in [0.25, 0.3) is 0 Å². The van der Waals surface area contributed by atoms with Crippen LogP contribution >= 0.6 is 0 Å². The molecule has 0 aromatic heterocycles. The summed E-state index contributed by atoms with van der Waals surface area (Å²) in [6.45, 7) is 5.45. The van der Waals surface area contributed by atoms with Crippen molar-refractivity contribution in [2.24, 2.45) is 0 Å². The van der Waals surface area contributed by atoms with Gasteiger partial charge in [-0.2, -0.15) is 0 Å². The molecule has 1 heteroatoms. The van der Waals surface area contributed by atoms with Crippen molar-refractivity contribution < 1.29 is 5.11 Å². The molecule has 0 amide bonds. The minimum atomic E-state index is -0.381. The lowest BCUT2D eigenvalue weighted by atomic mass is 10.2. The molecule has 0 saturated carbocycles. The van der Waals surface area contributed by atoms with E-state index in [2.05, 4.69) is 6.58 Å². The minimum absolute atomic E-state index is 0.381. The zero-order chi connectivity index (χ0) is 7.82. The molecule has 0 fully saturated rings. The summed E-state index contributed by atoms with van der Waals surface area (Å²) in [7, 11) is 0. The molecular formula is C9H14O. The molecule has 0 unspecified atom stereocenters. The number of aliphatic hydroxyl groups excluding tert-OH is 1. The van der Waals surface area contributed by atoms with E-state index in [4.69, 9.17) is 5.11 Å². The topological polar surface area (TPSA) is 20.2 Å². The highest BCUT2D eigenvalue weighted by molar-refractivity contribution is 5.04. The second kappa shape index (κ2) is 6.30. The third-order valence-electron chi connectivity index (χ3n) is 1.04. The van der Waals surface area contributed by atoms with Crippen LogP contribution in [0.1, 0.15) is 13.3 Å². The molecule has 0 spiro atoms. The second-order valence-electron chi connectivity index (χ2n) is 2.00. The summed E-state index contributed by atoms with van der Waals surface area (Å²) in [5, 5.41) is 9.08. The van der Waals surface area contributed by atoms with Crippen molar-refractivity contribution in [2.45, 2.75) is 19.4 Å². The largest absolute Gasteiger partial charge is 0.389 e. The van der Waals surface area contributed by atoms with Crippen LogP contribution in [-0.4, -0.2) is 11.2 Å². The Bertz CT molecular complexity index is 134. The molecule has 0 heterocycles. The molecule has 0 radical (unpaired) electrons. The standard InChI is InChI=1S/C9H14O/c1-3-5-6-8-9(10)7-4-2/h3-6,8-10H,2,7H2,1H3/b5-3+,8-6-/t9-/m0/s1. The summed E-state index contributed by atoms with van der Waals surface area (Å²) in [5.41, 5.74) is 0. The summed E-state index contributed by atoms with van der Waals surface area (Å²) in [6, 6.07) is 0. The molecule has 10 heavy (non-hydrogen) atoms. The molecule has 0 bridgehead atoms. The van der Waals surface area contributed by atoms with Gasteiger partial charge in [0.15, 0.2) is 0 Å². The molecule has 0 aliphatic carbocycles. The highest BCUT2D eigenvalue weighted by Crippen LogP contribution is 1.93. The van der Waals surface area contributed by atoms with Crippen LogP contribution in [0.4, 0.5) is 0 Å². The van der Waals surface area contributed by atoms with Gasteiger partial charge >= 0.3 is 0 Å². The Balaban J connectivity index is 3.54. The van der Waals surface area contributed by atoms with Gasteiger partial charge in [-0.05, 0) is 13.3 Å². The van der Waals surface area contributed by atoms with Gasteiger partial charge in [0.2, 0.25) is 0 Å². The van der Waals surface area contributed by atoms with Gasteiger partial charge in [-0.1, -0.05) is 30.4 Å². The van der Waals surface area contributed by atoms with Gasteiger partial charge in [0.1, 0.15) is 0 Å². The molecule has 0 saturated heterocycles. The van der Waals surface area contributed by atoms with Gasteiger partial charge in [-0.25, -0.2) is 0 Å². The van der Waals surface area contributed by atoms with Crippen LogP contribution in [-0.2, 0) is 0 Å². The first-order valence-electron chi connectivity index (χ1n) is 3.39. The number of allylic oxidation sites excluding steroid dienone is 3. The average molecular weight is 138 g/mol. The summed E-state index contributed by atoms with van der Waals surface area (Å²) in [6.07, 6.45) is 9.30. The minimum Gasteiger partial charge on any atom is -0.389 e. The Morgan fingerprint density at radius 1 is 1.50 bits per heavy atom. The van der Waals surface area contributed by atoms with Crippen molar-refractivity contribution >= 4 is 0 Å². The van der Waals surface area contributed by atoms with Crippen molar-refractivity contribution in [3.8, 4) is 0 Å². The number of hydrogen-bond donors (Lipinski definition) is 1. The number of rotatable bonds is 4. The average Bonchev–Trinajstić information content (AvgIpc) is 1.89. The Morgan fingerprint density at radius 2 is 2.20 bits per heavy atom. The third-order valence-corrected chi connectivity index (χ3v) is 1.04. The Morgan fingerprint density at radius 3 is 2.70 bits per heavy atom. The quantitative estimate of drug-likeness (QED) is 0.465. The van der Waals surface area contributed by atoms with Crippen LogP contribution in [0.3, 0.4) is 0 Å². The molecule has 1 atom stereocenters. The third kappa shape index (κ3) is 5.32. The lowest BCUT2D eigenvalue weighted by molar-refractivity contribution is 0.227. The molecule has 1 nitrogen and oxygen atoms in total. The lowest BCUT2D eigenvalue weighted by Gasteiger charge is -1.97. The molecule has 0 aliphatic heterocycles. The van der Waals surface area contributed by atoms with Crippen molar-refractivity contribution in [3.05, 3.63) is 37.0 Å². The van der Waals surface area contributed by atoms with E-state index in [1.807, 2.05) is 25.2 Å². The first-order chi connectivity index (χ1) is 4.81. The van der Waals surface area contributed by atoms with Gasteiger partial charge < -0.3 is 5.11 Å². The van der Waals surface area contributed by atoms with Crippen molar-refractivity contribution in [1.82, 2.24) is 0 Å². The zero-order valence-electron chi connectivity index (χ0n) is 6.33. The molecule has 1 N–H and O–H groups in total. The molecule has 56 valence electrons. The van der Waals surface area contributed by atoms with Gasteiger partial charge in [-0.15, -0.1) is 6.58 Å². The fourth-order valence-corrected chi connectivity index (χ4v) is 0.553. The van der Waals surface area contributed by atoms with Gasteiger partial charge in [0.05, 0.1) is 6.10 Å². The Kier molecular flexibility index (Phi) is 5.79. The van der Waals surface area contributed by atoms with Gasteiger partial charge in [-0.3, -0.25) is 0 Å². The van der Waals surface area contributed by atoms with Crippen molar-refractivity contribution in [3.63, 3.8) is 0 Å². The smallest absolute Gasteiger partial charge is 0.0758 e. The first-order valence-corrected chi connectivity index (χ1v) is 3.39. The fourth-order valence-electron chi connectivity index (χ4n) is 0.553. The van der Waals surface area contributed by atoms with Crippen LogP contribution < -0.4 is 0 Å². The molecule has 0 aromatic rings. The zero-order valence-corrected chi connectivity index (χ0v) is 6.33. The van der Waals surface area contributed by atoms with E-state index in [0.29, 0.717) is 6.42 Å². The molecular weight excluding hydrogens is 124 g/mol. The van der Waals surface area contributed by atoms with Crippen LogP contribution in [0.25, 0.3) is 0 Å². The van der Waals surface area contributed by atoms with Crippen molar-refractivity contribution in [2.75, 3.05) is 0 Å². The fraction of sp³-hybridized carbons (Fsp3) is 0.333. The number of aliphatic hydroxyl groups is 1. The SMILES string of the molecule is C=CC[C@H](O)/C=C\C=C\C. The summed E-state index contributed by atoms with van der Waals surface area (Å²) >= 11 is 0. The van der Waals surface area contributed by atoms with E-state index < -0.39 is 0 Å². The number of hydrogen-bond acceptors (Lipinski definition) is 1. The van der Waals surface area contributed by atoms with E-state index in [9.17, 15) is 0 Å². The van der Waals surface area contributed by atoms with Gasteiger partial charge in [0, 0.05) is 0 Å². The molecule has 0 aromatic carbocycles. The second-order valence-corrected chi connectivity index (χ2v) is 2.00. The summed E-state index contributed by atoms with van der Waals surface area (Å²) in [5.74, 6) is 0. The Labute approximate surface area is 62.4 Å². The normalized spacial score (nSPS) is 14.6. The maximum atomic E-state index is 9.08. The first kappa shape index (κ1) is 9.18. The van der Waals surface area contributed by atoms with E-state index >= 15 is 0 Å². The predicted octanol–water partition coefficient (Wildman–Crippen LogP) is 2.06. The maximum absolute atomic E-state index is 9.08. The van der Waals surface area contributed by atoms with Crippen LogP contribution in [0, 0.1) is 0 Å². The monoisotopic (exact) mass is 138 g/mol. The van der Waals surface area contributed by atoms with E-state index in [0.717, 1.165) is 0 Å². The Hall–Kier alpha value is -0.820. The maximum Gasteiger partial charge on any atom is 0.0758 e. The molecule has 0 aliphatic rings. The van der Waals surface area contributed by atoms with E-state index in [-0.39, 0.29) is 6.10 Å². The van der Waals surface area contributed by atoms with Crippen LogP contribution in [0.2, 0.25) is 0 Å². The summed E-state index contributed by atoms with van der Waals surface area (Å²) < 4.78 is 0. The highest BCUT2D eigenvalue weighted by Gasteiger charge is 1.90. The van der Waals surface area contributed by atoms with Crippen LogP contribution in [0.15, 0.2) is 37.0 Å². The highest BCUT2D eigenvalue weighted by atomic mass is 16.3. The molecule has 0 rings (SSSR count). The lowest BCUT2D eigenvalue weighted by Crippen LogP contribution is -1.98. The predicted molar refractivity (Wildman–Crippen MR) is 44.8 cm³/mol. The van der Waals surface area contributed by atoms with E-state index in [1.54, 1.807) is 12.2 Å². The van der Waals surface area contributed by atoms with Crippen LogP contribution in [0.5, 0.6) is 0 Å². The van der Waals surface area contributed by atoms with E-state index in [1.165, 1.54) is 0 Å².